The number of amides is 1. The normalized spacial score (nSPS) is 10.2. The molecule has 0 radical (unpaired) electrons. The van der Waals surface area contributed by atoms with E-state index in [9.17, 15) is 20.0 Å². The Balaban J connectivity index is 2.77. The zero-order valence-corrected chi connectivity index (χ0v) is 10.8. The minimum atomic E-state index is -0.702. The van der Waals surface area contributed by atoms with Crippen molar-refractivity contribution in [3.05, 3.63) is 33.9 Å². The lowest BCUT2D eigenvalue weighted by Gasteiger charge is -2.16. The van der Waals surface area contributed by atoms with Gasteiger partial charge < -0.3 is 14.7 Å². The third kappa shape index (κ3) is 3.92. The van der Waals surface area contributed by atoms with Gasteiger partial charge >= 0.3 is 5.69 Å². The Kier molecular flexibility index (Phi) is 5.25. The number of ether oxygens (including phenoxy) is 1. The first-order valence-corrected chi connectivity index (χ1v) is 5.69. The monoisotopic (exact) mass is 268 g/mol. The molecule has 1 rings (SSSR count). The number of phenolic OH excluding ortho intramolecular Hbond substituents is 1. The van der Waals surface area contributed by atoms with Crippen LogP contribution in [0.2, 0.25) is 0 Å². The SMILES string of the molecule is COCCCN(C)C(=O)c1ccc([N+](=O)[O-])c(O)c1. The number of aromatic hydroxyl groups is 1. The highest BCUT2D eigenvalue weighted by atomic mass is 16.6. The molecule has 7 nitrogen and oxygen atoms in total. The maximum absolute atomic E-state index is 12.0. The number of hydrogen-bond acceptors (Lipinski definition) is 5. The zero-order chi connectivity index (χ0) is 14.4. The van der Waals surface area contributed by atoms with E-state index in [1.807, 2.05) is 0 Å². The summed E-state index contributed by atoms with van der Waals surface area (Å²) in [4.78, 5) is 23.3. The van der Waals surface area contributed by atoms with Crippen molar-refractivity contribution in [1.29, 1.82) is 0 Å². The summed E-state index contributed by atoms with van der Waals surface area (Å²) in [5, 5.41) is 20.0. The minimum absolute atomic E-state index is 0.211. The Labute approximate surface area is 110 Å². The molecule has 0 aromatic heterocycles. The second-order valence-corrected chi connectivity index (χ2v) is 4.03. The number of benzene rings is 1. The highest BCUT2D eigenvalue weighted by Crippen LogP contribution is 2.26. The molecule has 0 fully saturated rings. The van der Waals surface area contributed by atoms with Crippen LogP contribution in [0, 0.1) is 10.1 Å². The third-order valence-corrected chi connectivity index (χ3v) is 2.61. The number of methoxy groups -OCH3 is 1. The smallest absolute Gasteiger partial charge is 0.310 e. The Morgan fingerprint density at radius 1 is 1.53 bits per heavy atom. The molecule has 1 N–H and O–H groups in total. The Bertz CT molecular complexity index is 475. The van der Waals surface area contributed by atoms with Gasteiger partial charge in [0.25, 0.3) is 5.91 Å². The second-order valence-electron chi connectivity index (χ2n) is 4.03. The predicted molar refractivity (Wildman–Crippen MR) is 68.2 cm³/mol. The van der Waals surface area contributed by atoms with Crippen LogP contribution in [0.1, 0.15) is 16.8 Å². The van der Waals surface area contributed by atoms with E-state index in [2.05, 4.69) is 0 Å². The zero-order valence-electron chi connectivity index (χ0n) is 10.8. The number of hydrogen-bond donors (Lipinski definition) is 1. The number of nitro benzene ring substituents is 1. The van der Waals surface area contributed by atoms with Crippen LogP contribution >= 0.6 is 0 Å². The van der Waals surface area contributed by atoms with Crippen LogP contribution in [0.3, 0.4) is 0 Å². The van der Waals surface area contributed by atoms with Crippen molar-refractivity contribution in [2.75, 3.05) is 27.3 Å². The van der Waals surface area contributed by atoms with Crippen molar-refractivity contribution in [3.8, 4) is 5.75 Å². The molecule has 1 amide bonds. The van der Waals surface area contributed by atoms with E-state index in [-0.39, 0.29) is 11.5 Å². The van der Waals surface area contributed by atoms with Crippen LogP contribution in [0.5, 0.6) is 5.75 Å². The van der Waals surface area contributed by atoms with E-state index >= 15 is 0 Å². The number of carbonyl (C=O) groups excluding carboxylic acids is 1. The number of nitrogens with zero attached hydrogens (tertiary/aromatic N) is 2. The maximum Gasteiger partial charge on any atom is 0.310 e. The molecule has 7 heteroatoms. The fourth-order valence-electron chi connectivity index (χ4n) is 1.58. The lowest BCUT2D eigenvalue weighted by Crippen LogP contribution is -2.28. The standard InChI is InChI=1S/C12H16N2O5/c1-13(6-3-7-19-2)12(16)9-4-5-10(14(17)18)11(15)8-9/h4-5,8,15H,3,6-7H2,1-2H3. The number of rotatable bonds is 6. The summed E-state index contributed by atoms with van der Waals surface area (Å²) in [6.07, 6.45) is 0.692. The molecule has 0 aliphatic carbocycles. The first-order chi connectivity index (χ1) is 8.97. The molecule has 0 saturated carbocycles. The molecule has 0 unspecified atom stereocenters. The summed E-state index contributed by atoms with van der Waals surface area (Å²) >= 11 is 0. The molecule has 0 aliphatic heterocycles. The van der Waals surface area contributed by atoms with Gasteiger partial charge in [0.1, 0.15) is 0 Å². The van der Waals surface area contributed by atoms with Crippen LogP contribution in [-0.4, -0.2) is 48.1 Å². The van der Waals surface area contributed by atoms with E-state index in [0.29, 0.717) is 19.6 Å². The molecule has 0 spiro atoms. The molecule has 104 valence electrons. The van der Waals surface area contributed by atoms with Crippen LogP contribution in [-0.2, 0) is 4.74 Å². The summed E-state index contributed by atoms with van der Waals surface area (Å²) in [7, 11) is 3.20. The van der Waals surface area contributed by atoms with Gasteiger partial charge in [-0.1, -0.05) is 0 Å². The molecular formula is C12H16N2O5. The lowest BCUT2D eigenvalue weighted by molar-refractivity contribution is -0.385. The van der Waals surface area contributed by atoms with Gasteiger partial charge in [-0.25, -0.2) is 0 Å². The topological polar surface area (TPSA) is 92.9 Å². The second kappa shape index (κ2) is 6.69. The van der Waals surface area contributed by atoms with Crippen molar-refractivity contribution >= 4 is 11.6 Å². The molecule has 0 atom stereocenters. The van der Waals surface area contributed by atoms with Crippen LogP contribution in [0.4, 0.5) is 5.69 Å². The lowest BCUT2D eigenvalue weighted by atomic mass is 10.1. The number of phenols is 1. The Hall–Kier alpha value is -2.15. The van der Waals surface area contributed by atoms with Crippen molar-refractivity contribution in [3.63, 3.8) is 0 Å². The average molecular weight is 268 g/mol. The predicted octanol–water partition coefficient (Wildman–Crippen LogP) is 1.41. The maximum atomic E-state index is 12.0. The van der Waals surface area contributed by atoms with Gasteiger partial charge in [-0.3, -0.25) is 14.9 Å². The summed E-state index contributed by atoms with van der Waals surface area (Å²) in [5.41, 5.74) is -0.207. The minimum Gasteiger partial charge on any atom is -0.502 e. The molecule has 0 heterocycles. The van der Waals surface area contributed by atoms with Gasteiger partial charge in [0.2, 0.25) is 0 Å². The summed E-state index contributed by atoms with van der Waals surface area (Å²) < 4.78 is 4.89. The van der Waals surface area contributed by atoms with E-state index in [1.165, 1.54) is 11.0 Å². The fraction of sp³-hybridized carbons (Fsp3) is 0.417. The van der Waals surface area contributed by atoms with Gasteiger partial charge in [-0.15, -0.1) is 0 Å². The molecule has 0 bridgehead atoms. The molecule has 19 heavy (non-hydrogen) atoms. The highest BCUT2D eigenvalue weighted by Gasteiger charge is 2.17. The number of nitro groups is 1. The summed E-state index contributed by atoms with van der Waals surface area (Å²) in [6, 6.07) is 3.55. The third-order valence-electron chi connectivity index (χ3n) is 2.61. The number of carbonyl (C=O) groups is 1. The van der Waals surface area contributed by atoms with Crippen molar-refractivity contribution in [2.45, 2.75) is 6.42 Å². The van der Waals surface area contributed by atoms with Crippen molar-refractivity contribution in [2.24, 2.45) is 0 Å². The molecule has 1 aromatic rings. The molecule has 1 aromatic carbocycles. The quantitative estimate of drug-likeness (QED) is 0.478. The first kappa shape index (κ1) is 14.9. The van der Waals surface area contributed by atoms with E-state index in [0.717, 1.165) is 12.1 Å². The van der Waals surface area contributed by atoms with Crippen LogP contribution in [0.25, 0.3) is 0 Å². The summed E-state index contributed by atoms with van der Waals surface area (Å²) in [5.74, 6) is -0.817. The largest absolute Gasteiger partial charge is 0.502 e. The van der Waals surface area contributed by atoms with Crippen LogP contribution < -0.4 is 0 Å². The van der Waals surface area contributed by atoms with Gasteiger partial charge in [0.05, 0.1) is 4.92 Å². The Morgan fingerprint density at radius 3 is 2.74 bits per heavy atom. The molecule has 0 saturated heterocycles. The molecule has 0 aliphatic rings. The van der Waals surface area contributed by atoms with Gasteiger partial charge in [-0.05, 0) is 18.6 Å². The fourth-order valence-corrected chi connectivity index (χ4v) is 1.58. The summed E-state index contributed by atoms with van der Waals surface area (Å²) in [6.45, 7) is 1.05. The van der Waals surface area contributed by atoms with E-state index < -0.39 is 16.4 Å². The van der Waals surface area contributed by atoms with E-state index in [4.69, 9.17) is 4.74 Å². The first-order valence-electron chi connectivity index (χ1n) is 5.69. The van der Waals surface area contributed by atoms with Gasteiger partial charge in [0.15, 0.2) is 5.75 Å². The highest BCUT2D eigenvalue weighted by molar-refractivity contribution is 5.94. The average Bonchev–Trinajstić information content (AvgIpc) is 2.37. The van der Waals surface area contributed by atoms with Crippen LogP contribution in [0.15, 0.2) is 18.2 Å². The van der Waals surface area contributed by atoms with E-state index in [1.54, 1.807) is 14.2 Å². The Morgan fingerprint density at radius 2 is 2.21 bits per heavy atom. The van der Waals surface area contributed by atoms with Gasteiger partial charge in [-0.2, -0.15) is 0 Å². The van der Waals surface area contributed by atoms with Crippen molar-refractivity contribution < 1.29 is 19.6 Å². The van der Waals surface area contributed by atoms with Crippen molar-refractivity contribution in [1.82, 2.24) is 4.90 Å². The molecular weight excluding hydrogens is 252 g/mol. The van der Waals surface area contributed by atoms with Gasteiger partial charge in [0, 0.05) is 38.9 Å².